The van der Waals surface area contributed by atoms with Gasteiger partial charge in [0.2, 0.25) is 0 Å². The number of aryl methyl sites for hydroxylation is 3. The largest absolute Gasteiger partial charge is 0.497 e. The minimum absolute atomic E-state index is 0.490. The molecule has 0 saturated carbocycles. The van der Waals surface area contributed by atoms with Gasteiger partial charge in [-0.05, 0) is 247 Å². The van der Waals surface area contributed by atoms with Gasteiger partial charge in [0.05, 0.1) is 47.2 Å². The quantitative estimate of drug-likeness (QED) is 0.0715. The number of hydrogen-bond donors (Lipinski definition) is 0. The molecule has 0 atom stereocenters. The summed E-state index contributed by atoms with van der Waals surface area (Å²) in [6.45, 7) is 53.0. The van der Waals surface area contributed by atoms with Gasteiger partial charge in [0, 0.05) is 21.0 Å². The average molecular weight is 1640 g/mol. The van der Waals surface area contributed by atoms with Crippen LogP contribution < -0.4 is 28.4 Å². The normalized spacial score (nSPS) is 10.4. The van der Waals surface area contributed by atoms with E-state index in [4.69, 9.17) is 74.8 Å². The molecule has 6 nitrogen and oxygen atoms in total. The van der Waals surface area contributed by atoms with Crippen LogP contribution >= 0.6 is 57.7 Å². The van der Waals surface area contributed by atoms with E-state index in [-0.39, 0.29) is 0 Å². The van der Waals surface area contributed by atoms with Gasteiger partial charge in [0.1, 0.15) is 38.8 Å². The molecule has 10 aromatic rings. The first kappa shape index (κ1) is 104. The minimum atomic E-state index is 0.490. The van der Waals surface area contributed by atoms with E-state index in [1.165, 1.54) is 78.1 Å². The van der Waals surface area contributed by atoms with Crippen molar-refractivity contribution in [2.45, 2.75) is 227 Å². The molecule has 1 heterocycles. The highest BCUT2D eigenvalue weighted by molar-refractivity contribution is 7.17. The molecule has 113 heavy (non-hydrogen) atoms. The lowest BCUT2D eigenvalue weighted by Gasteiger charge is -2.10. The van der Waals surface area contributed by atoms with Gasteiger partial charge < -0.3 is 28.4 Å². The zero-order chi connectivity index (χ0) is 85.3. The third kappa shape index (κ3) is 45.5. The molecule has 9 aromatic carbocycles. The molecule has 0 N–H and O–H groups in total. The Balaban J connectivity index is 0.000000629. The summed E-state index contributed by atoms with van der Waals surface area (Å²) in [5.41, 5.74) is 16.0. The van der Waals surface area contributed by atoms with E-state index < -0.39 is 0 Å². The Morgan fingerprint density at radius 2 is 0.779 bits per heavy atom. The molecule has 11 heteroatoms. The molecule has 0 aliphatic rings. The Morgan fingerprint density at radius 3 is 1.19 bits per heavy atom. The lowest BCUT2D eigenvalue weighted by Crippen LogP contribution is -1.97. The second-order valence-electron chi connectivity index (χ2n) is 31.6. The topological polar surface area (TPSA) is 55.4 Å². The summed E-state index contributed by atoms with van der Waals surface area (Å²) >= 11 is 24.8. The van der Waals surface area contributed by atoms with Gasteiger partial charge in [-0.25, -0.2) is 0 Å². The molecule has 620 valence electrons. The van der Waals surface area contributed by atoms with Crippen molar-refractivity contribution in [1.29, 1.82) is 0 Å². The van der Waals surface area contributed by atoms with Crippen LogP contribution in [0.25, 0.3) is 0 Å². The molecule has 0 spiro atoms. The summed E-state index contributed by atoms with van der Waals surface area (Å²) in [4.78, 5) is 1.25. The van der Waals surface area contributed by atoms with Crippen LogP contribution in [0.4, 0.5) is 0 Å². The monoisotopic (exact) mass is 1630 g/mol. The Labute approximate surface area is 712 Å². The number of rotatable bonds is 21. The zero-order valence-corrected chi connectivity index (χ0v) is 78.2. The van der Waals surface area contributed by atoms with Gasteiger partial charge in [-0.15, -0.1) is 11.3 Å². The van der Waals surface area contributed by atoms with Crippen molar-refractivity contribution in [2.75, 3.05) is 42.2 Å². The lowest BCUT2D eigenvalue weighted by molar-refractivity contribution is 0.340. The van der Waals surface area contributed by atoms with Crippen molar-refractivity contribution >= 4 is 57.7 Å². The fourth-order valence-corrected chi connectivity index (χ4v) is 13.0. The third-order valence-electron chi connectivity index (χ3n) is 17.5. The van der Waals surface area contributed by atoms with Crippen LogP contribution in [0.2, 0.25) is 19.4 Å². The Hall–Kier alpha value is -7.36. The lowest BCUT2D eigenvalue weighted by atomic mass is 9.98. The van der Waals surface area contributed by atoms with Gasteiger partial charge in [-0.3, -0.25) is 0 Å². The van der Waals surface area contributed by atoms with Crippen molar-refractivity contribution in [2.24, 2.45) is 23.7 Å². The molecule has 1 aromatic heterocycles. The summed E-state index contributed by atoms with van der Waals surface area (Å²) < 4.78 is 31.9. The number of benzene rings is 9. The summed E-state index contributed by atoms with van der Waals surface area (Å²) in [7, 11) is 8.46. The van der Waals surface area contributed by atoms with Gasteiger partial charge in [0.25, 0.3) is 0 Å². The maximum atomic E-state index is 5.97. The number of para-hydroxylation sites is 1. The highest BCUT2D eigenvalue weighted by Crippen LogP contribution is 2.36. The molecule has 0 unspecified atom stereocenters. The number of thiophene rings is 1. The van der Waals surface area contributed by atoms with E-state index in [2.05, 4.69) is 275 Å². The van der Waals surface area contributed by atoms with Gasteiger partial charge in [0.15, 0.2) is 0 Å². The number of halogens is 4. The van der Waals surface area contributed by atoms with Crippen molar-refractivity contribution in [3.8, 4) is 34.5 Å². The van der Waals surface area contributed by atoms with Crippen LogP contribution in [0.15, 0.2) is 212 Å². The van der Waals surface area contributed by atoms with Crippen LogP contribution in [-0.2, 0) is 25.7 Å². The molecule has 10 rings (SSSR count). The predicted octanol–water partition coefficient (Wildman–Crippen LogP) is 32.4. The highest BCUT2D eigenvalue weighted by atomic mass is 35.5. The summed E-state index contributed by atoms with van der Waals surface area (Å²) in [6.07, 6.45) is 4.49. The summed E-state index contributed by atoms with van der Waals surface area (Å²) in [6, 6.07) is 72.3. The molecule has 0 bridgehead atoms. The van der Waals surface area contributed by atoms with Crippen molar-refractivity contribution in [3.63, 3.8) is 0 Å². The summed E-state index contributed by atoms with van der Waals surface area (Å²) in [5, 5.41) is 2.38. The maximum absolute atomic E-state index is 5.97. The Kier molecular flexibility index (Phi) is 53.6. The van der Waals surface area contributed by atoms with Gasteiger partial charge >= 0.3 is 0 Å². The summed E-state index contributed by atoms with van der Waals surface area (Å²) in [5.74, 6) is 11.9. The van der Waals surface area contributed by atoms with E-state index in [9.17, 15) is 0 Å². The van der Waals surface area contributed by atoms with Crippen molar-refractivity contribution < 1.29 is 28.4 Å². The van der Waals surface area contributed by atoms with Crippen LogP contribution in [0.5, 0.6) is 34.5 Å². The fourth-order valence-electron chi connectivity index (χ4n) is 11.3. The van der Waals surface area contributed by atoms with Crippen LogP contribution in [0.3, 0.4) is 0 Å². The highest BCUT2D eigenvalue weighted by Gasteiger charge is 2.10. The second kappa shape index (κ2) is 58.5. The van der Waals surface area contributed by atoms with E-state index in [0.29, 0.717) is 56.7 Å². The first-order valence-electron chi connectivity index (χ1n) is 40.3. The number of methoxy groups -OCH3 is 5. The van der Waals surface area contributed by atoms with Gasteiger partial charge in [-0.2, -0.15) is 0 Å². The van der Waals surface area contributed by atoms with Crippen LogP contribution in [0.1, 0.15) is 253 Å². The molecule has 0 saturated heterocycles. The SMILES string of the molecule is CC(C)Cc1ccc(Cl)cc1.CC(C)Cc1ccccc1Cl.CC(C)c1cc(Cl)c(Cl)s1.CC(C)c1ccccc1.CCOc1ccc(C(C)C)cc1.COc1cc(OC)cc(C(C)C)c1.COc1ccc(C(C)C)c(C)c1.COc1ccc(C(C)C)cc1C.COc1ccccc1CC(C)C.Cc1cccc(CC(C)C)c1. The third-order valence-corrected chi connectivity index (χ3v) is 20.3. The maximum Gasteiger partial charge on any atom is 0.122 e. The first-order chi connectivity index (χ1) is 53.4. The van der Waals surface area contributed by atoms with E-state index in [0.717, 1.165) is 82.2 Å². The zero-order valence-electron chi connectivity index (χ0n) is 74.4. The minimum Gasteiger partial charge on any atom is -0.497 e. The number of ether oxygens (including phenoxy) is 6. The van der Waals surface area contributed by atoms with Gasteiger partial charge in [-0.1, -0.05) is 324 Å². The molecular weight excluding hydrogens is 1490 g/mol. The Morgan fingerprint density at radius 1 is 0.310 bits per heavy atom. The van der Waals surface area contributed by atoms with E-state index in [1.807, 2.05) is 104 Å². The van der Waals surface area contributed by atoms with Crippen molar-refractivity contribution in [3.05, 3.63) is 303 Å². The molecule has 0 aliphatic heterocycles. The van der Waals surface area contributed by atoms with Crippen molar-refractivity contribution in [1.82, 2.24) is 0 Å². The molecule has 0 fully saturated rings. The van der Waals surface area contributed by atoms with E-state index >= 15 is 0 Å². The smallest absolute Gasteiger partial charge is 0.122 e. The standard InChI is InChI=1S/C11H16O2.4C11H16O.C11H16.2C10H13Cl.C9H12.C7H8Cl2S/c1-8(2)9-5-10(12-3)7-11(6-9)13-4;1-8(2)11-6-5-10(12-4)7-9(11)3;1-8(2)10-5-6-11(12-4)9(3)7-10;1-9(2)8-10-6-4-5-7-11(10)12-3;1-4-12-11-7-5-10(6-8-11)9(2)3;1-9(2)7-11-6-4-5-10(3)8-11;1-8(2)7-9-3-5-10(11)6-4-9;1-8(2)7-9-5-3-4-6-10(9)11;1-8(2)9-6-4-3-5-7-9;1-4(2)6-3-5(8)7(9)10-6/h5-8H,1-4H3;2*5-8H,1-4H3;4-7,9H,8H2,1-3H3;5-9H,4H2,1-3H3;4-6,8-9H,7H2,1-3H3;2*3-6,8H,7H2,1-2H3;3-8H,1-2H3;3-4H,1-2H3. The molecular formula is C102H142Cl4O6S. The van der Waals surface area contributed by atoms with Crippen LogP contribution in [-0.4, -0.2) is 42.2 Å². The fraction of sp³-hybridized carbons (Fsp3) is 0.431. The van der Waals surface area contributed by atoms with E-state index in [1.54, 1.807) is 46.9 Å². The average Bonchev–Trinajstić information content (AvgIpc) is 1.84. The van der Waals surface area contributed by atoms with Crippen LogP contribution in [0, 0.1) is 44.4 Å². The first-order valence-corrected chi connectivity index (χ1v) is 42.6. The molecule has 0 amide bonds. The Bertz CT molecular complexity index is 4060. The predicted molar refractivity (Wildman–Crippen MR) is 499 cm³/mol. The number of hydrogen-bond acceptors (Lipinski definition) is 7. The second-order valence-corrected chi connectivity index (χ2v) is 34.6. The molecule has 0 radical (unpaired) electrons. The molecule has 0 aliphatic carbocycles.